The van der Waals surface area contributed by atoms with Crippen molar-refractivity contribution < 1.29 is 9.18 Å². The largest absolute Gasteiger partial charge is 0.347 e. The van der Waals surface area contributed by atoms with Crippen LogP contribution in [0.2, 0.25) is 0 Å². The van der Waals surface area contributed by atoms with Crippen molar-refractivity contribution in [2.45, 2.75) is 32.9 Å². The van der Waals surface area contributed by atoms with Gasteiger partial charge in [-0.25, -0.2) is 14.4 Å². The molecule has 3 unspecified atom stereocenters. The second-order valence-electron chi connectivity index (χ2n) is 5.89. The van der Waals surface area contributed by atoms with Crippen LogP contribution in [-0.2, 0) is 4.79 Å². The molecule has 1 aromatic heterocycles. The molecular weight excluding hydrogens is 295 g/mol. The van der Waals surface area contributed by atoms with E-state index in [0.717, 1.165) is 11.3 Å². The first-order chi connectivity index (χ1) is 11.0. The van der Waals surface area contributed by atoms with Gasteiger partial charge in [0, 0.05) is 42.5 Å². The lowest BCUT2D eigenvalue weighted by molar-refractivity contribution is -0.117. The van der Waals surface area contributed by atoms with Crippen LogP contribution in [0.5, 0.6) is 0 Å². The molecule has 1 aliphatic rings. The third-order valence-electron chi connectivity index (χ3n) is 4.47. The van der Waals surface area contributed by atoms with Crippen molar-refractivity contribution in [3.63, 3.8) is 0 Å². The Bertz CT molecular complexity index is 722. The molecule has 1 N–H and O–H groups in total. The maximum atomic E-state index is 13.8. The van der Waals surface area contributed by atoms with Gasteiger partial charge < -0.3 is 10.2 Å². The highest BCUT2D eigenvalue weighted by Crippen LogP contribution is 2.42. The van der Waals surface area contributed by atoms with Crippen molar-refractivity contribution in [1.82, 2.24) is 9.97 Å². The van der Waals surface area contributed by atoms with Crippen molar-refractivity contribution in [3.8, 4) is 0 Å². The molecular formula is C17H19FN4O. The quantitative estimate of drug-likeness (QED) is 0.925. The monoisotopic (exact) mass is 314 g/mol. The van der Waals surface area contributed by atoms with Crippen LogP contribution in [0.15, 0.2) is 36.7 Å². The molecule has 5 nitrogen and oxygen atoms in total. The highest BCUT2D eigenvalue weighted by atomic mass is 19.1. The number of carbonyl (C=O) groups excluding carboxylic acids is 1. The van der Waals surface area contributed by atoms with Gasteiger partial charge in [-0.15, -0.1) is 0 Å². The molecule has 0 bridgehead atoms. The molecule has 2 heterocycles. The first-order valence-electron chi connectivity index (χ1n) is 7.62. The number of carbonyl (C=O) groups is 1. The summed E-state index contributed by atoms with van der Waals surface area (Å²) in [5.74, 6) is 0.182. The highest BCUT2D eigenvalue weighted by molar-refractivity contribution is 5.93. The highest BCUT2D eigenvalue weighted by Gasteiger charge is 2.38. The maximum Gasteiger partial charge on any atom is 0.224 e. The number of nitrogens with one attached hydrogen (secondary N) is 1. The lowest BCUT2D eigenvalue weighted by Crippen LogP contribution is -2.48. The van der Waals surface area contributed by atoms with Gasteiger partial charge in [0.05, 0.1) is 6.04 Å². The molecule has 0 aliphatic carbocycles. The Hall–Kier alpha value is -2.50. The molecule has 6 heteroatoms. The van der Waals surface area contributed by atoms with Crippen LogP contribution in [0, 0.1) is 11.7 Å². The molecule has 120 valence electrons. The average molecular weight is 314 g/mol. The Morgan fingerprint density at radius 1 is 1.26 bits per heavy atom. The zero-order valence-corrected chi connectivity index (χ0v) is 13.3. The van der Waals surface area contributed by atoms with E-state index in [0.29, 0.717) is 5.95 Å². The Balaban J connectivity index is 2.07. The Morgan fingerprint density at radius 2 is 1.96 bits per heavy atom. The molecule has 0 fully saturated rings. The van der Waals surface area contributed by atoms with Crippen LogP contribution >= 0.6 is 0 Å². The van der Waals surface area contributed by atoms with Crippen LogP contribution in [0.4, 0.5) is 16.0 Å². The summed E-state index contributed by atoms with van der Waals surface area (Å²) >= 11 is 0. The van der Waals surface area contributed by atoms with Crippen LogP contribution < -0.4 is 10.2 Å². The van der Waals surface area contributed by atoms with Gasteiger partial charge in [0.2, 0.25) is 11.9 Å². The van der Waals surface area contributed by atoms with Crippen LogP contribution in [0.1, 0.15) is 32.4 Å². The smallest absolute Gasteiger partial charge is 0.224 e. The summed E-state index contributed by atoms with van der Waals surface area (Å²) in [5, 5.41) is 3.28. The summed E-state index contributed by atoms with van der Waals surface area (Å²) in [6.45, 7) is 5.57. The van der Waals surface area contributed by atoms with Gasteiger partial charge in [0.25, 0.3) is 0 Å². The fraction of sp³-hybridized carbons (Fsp3) is 0.353. The zero-order valence-electron chi connectivity index (χ0n) is 13.3. The Kier molecular flexibility index (Phi) is 3.98. The zero-order chi connectivity index (χ0) is 16.6. The number of rotatable bonds is 2. The first-order valence-corrected chi connectivity index (χ1v) is 7.62. The summed E-state index contributed by atoms with van der Waals surface area (Å²) in [6, 6.07) is 6.07. The van der Waals surface area contributed by atoms with E-state index < -0.39 is 0 Å². The normalized spacial score (nSPS) is 23.3. The van der Waals surface area contributed by atoms with Gasteiger partial charge in [0.1, 0.15) is 5.82 Å². The van der Waals surface area contributed by atoms with Gasteiger partial charge in [0.15, 0.2) is 0 Å². The molecule has 0 saturated heterocycles. The second-order valence-corrected chi connectivity index (χ2v) is 5.89. The molecule has 0 spiro atoms. The van der Waals surface area contributed by atoms with Crippen LogP contribution in [0.25, 0.3) is 0 Å². The SMILES string of the molecule is CC(=O)N1c2ccc(F)cc2C(Nc2ncccn2)C(C)C1C. The number of fused-ring (bicyclic) bond motifs is 1. The predicted molar refractivity (Wildman–Crippen MR) is 86.6 cm³/mol. The summed E-state index contributed by atoms with van der Waals surface area (Å²) in [7, 11) is 0. The third kappa shape index (κ3) is 2.76. The van der Waals surface area contributed by atoms with Gasteiger partial charge in [-0.1, -0.05) is 6.92 Å². The summed E-state index contributed by atoms with van der Waals surface area (Å²) < 4.78 is 13.8. The van der Waals surface area contributed by atoms with E-state index in [1.807, 2.05) is 13.8 Å². The Morgan fingerprint density at radius 3 is 2.61 bits per heavy atom. The van der Waals surface area contributed by atoms with Gasteiger partial charge in [-0.05, 0) is 31.2 Å². The number of anilines is 2. The van der Waals surface area contributed by atoms with Crippen molar-refractivity contribution >= 4 is 17.5 Å². The molecule has 3 atom stereocenters. The van der Waals surface area contributed by atoms with Gasteiger partial charge >= 0.3 is 0 Å². The number of nitrogens with zero attached hydrogens (tertiary/aromatic N) is 3. The number of hydrogen-bond acceptors (Lipinski definition) is 4. The minimum atomic E-state index is -0.324. The fourth-order valence-electron chi connectivity index (χ4n) is 3.19. The van der Waals surface area contributed by atoms with E-state index in [4.69, 9.17) is 0 Å². The maximum absolute atomic E-state index is 13.8. The number of hydrogen-bond donors (Lipinski definition) is 1. The predicted octanol–water partition coefficient (Wildman–Crippen LogP) is 3.16. The second kappa shape index (κ2) is 5.95. The molecule has 1 amide bonds. The van der Waals surface area contributed by atoms with Crippen LogP contribution in [-0.4, -0.2) is 21.9 Å². The lowest BCUT2D eigenvalue weighted by atomic mass is 9.83. The van der Waals surface area contributed by atoms with E-state index in [2.05, 4.69) is 15.3 Å². The molecule has 0 saturated carbocycles. The van der Waals surface area contributed by atoms with E-state index >= 15 is 0 Å². The summed E-state index contributed by atoms with van der Waals surface area (Å²) in [5.41, 5.74) is 1.48. The molecule has 23 heavy (non-hydrogen) atoms. The van der Waals surface area contributed by atoms with Gasteiger partial charge in [-0.3, -0.25) is 4.79 Å². The molecule has 3 rings (SSSR count). The summed E-state index contributed by atoms with van der Waals surface area (Å²) in [4.78, 5) is 22.2. The molecule has 0 radical (unpaired) electrons. The minimum Gasteiger partial charge on any atom is -0.347 e. The molecule has 1 aliphatic heterocycles. The number of halogens is 1. The average Bonchev–Trinajstić information content (AvgIpc) is 2.53. The summed E-state index contributed by atoms with van der Waals surface area (Å²) in [6.07, 6.45) is 3.31. The van der Waals surface area contributed by atoms with E-state index in [1.165, 1.54) is 19.1 Å². The van der Waals surface area contributed by atoms with Crippen molar-refractivity contribution in [3.05, 3.63) is 48.0 Å². The fourth-order valence-corrected chi connectivity index (χ4v) is 3.19. The van der Waals surface area contributed by atoms with Crippen LogP contribution in [0.3, 0.4) is 0 Å². The number of amides is 1. The minimum absolute atomic E-state index is 0.0216. The van der Waals surface area contributed by atoms with Crippen molar-refractivity contribution in [2.24, 2.45) is 5.92 Å². The molecule has 1 aromatic carbocycles. The third-order valence-corrected chi connectivity index (χ3v) is 4.47. The number of aromatic nitrogens is 2. The standard InChI is InChI=1S/C17H19FN4O/c1-10-11(2)22(12(3)23)15-6-5-13(18)9-14(15)16(10)21-17-19-7-4-8-20-17/h4-11,16H,1-3H3,(H,19,20,21). The van der Waals surface area contributed by atoms with E-state index in [-0.39, 0.29) is 29.7 Å². The van der Waals surface area contributed by atoms with Crippen molar-refractivity contribution in [2.75, 3.05) is 10.2 Å². The first kappa shape index (κ1) is 15.4. The van der Waals surface area contributed by atoms with E-state index in [9.17, 15) is 9.18 Å². The number of benzene rings is 1. The molecule has 2 aromatic rings. The van der Waals surface area contributed by atoms with E-state index in [1.54, 1.807) is 29.4 Å². The van der Waals surface area contributed by atoms with Gasteiger partial charge in [-0.2, -0.15) is 0 Å². The topological polar surface area (TPSA) is 58.1 Å². The van der Waals surface area contributed by atoms with Crippen molar-refractivity contribution in [1.29, 1.82) is 0 Å². The Labute approximate surface area is 134 Å². The lowest BCUT2D eigenvalue weighted by Gasteiger charge is -2.43.